The van der Waals surface area contributed by atoms with Gasteiger partial charge in [0.05, 0.1) is 12.0 Å². The smallest absolute Gasteiger partial charge is 0.336 e. The van der Waals surface area contributed by atoms with Crippen LogP contribution in [0.3, 0.4) is 0 Å². The molecule has 2 heterocycles. The number of fused-ring (bicyclic) bond motifs is 1. The van der Waals surface area contributed by atoms with E-state index in [1.807, 2.05) is 12.1 Å². The van der Waals surface area contributed by atoms with Crippen LogP contribution in [-0.2, 0) is 16.0 Å². The molecular formula is C24H20N4O3. The lowest BCUT2D eigenvalue weighted by atomic mass is 10.0. The average Bonchev–Trinajstić information content (AvgIpc) is 3.14. The Kier molecular flexibility index (Phi) is 5.49. The lowest BCUT2D eigenvalue weighted by Gasteiger charge is -2.06. The van der Waals surface area contributed by atoms with Crippen LogP contribution in [0.2, 0.25) is 0 Å². The van der Waals surface area contributed by atoms with Crippen LogP contribution in [0.4, 0.5) is 11.5 Å². The number of pyridine rings is 1. The van der Waals surface area contributed by atoms with Gasteiger partial charge in [0.25, 0.3) is 0 Å². The van der Waals surface area contributed by atoms with Crippen molar-refractivity contribution in [3.8, 4) is 0 Å². The summed E-state index contributed by atoms with van der Waals surface area (Å²) in [6.45, 7) is 0. The Balaban J connectivity index is 1.56. The molecule has 0 atom stereocenters. The number of hydrogen-bond donors (Lipinski definition) is 4. The predicted octanol–water partition coefficient (Wildman–Crippen LogP) is 3.95. The molecule has 4 aromatic rings. The summed E-state index contributed by atoms with van der Waals surface area (Å²) in [5.74, 6) is -0.819. The van der Waals surface area contributed by atoms with Crippen molar-refractivity contribution in [2.24, 2.45) is 0 Å². The maximum Gasteiger partial charge on any atom is 0.336 e. The topological polar surface area (TPSA) is 121 Å². The molecule has 0 aliphatic heterocycles. The van der Waals surface area contributed by atoms with Crippen LogP contribution >= 0.6 is 0 Å². The summed E-state index contributed by atoms with van der Waals surface area (Å²) in [5, 5.41) is 13.2. The molecule has 0 fully saturated rings. The Hall–Kier alpha value is -4.39. The SMILES string of the molecule is Nc1cccc(CC(=O)Nc2ccc3c(C=C(C(=O)O)c4ccccc4)c[nH]c3n2)c1. The van der Waals surface area contributed by atoms with Gasteiger partial charge < -0.3 is 21.1 Å². The molecule has 31 heavy (non-hydrogen) atoms. The number of nitrogen functional groups attached to an aromatic ring is 1. The molecule has 0 unspecified atom stereocenters. The maximum absolute atomic E-state index is 12.3. The number of aliphatic carboxylic acids is 1. The van der Waals surface area contributed by atoms with E-state index in [0.717, 1.165) is 10.9 Å². The highest BCUT2D eigenvalue weighted by atomic mass is 16.4. The number of aromatic amines is 1. The largest absolute Gasteiger partial charge is 0.478 e. The molecule has 5 N–H and O–H groups in total. The highest BCUT2D eigenvalue weighted by Gasteiger charge is 2.13. The number of nitrogens with two attached hydrogens (primary N) is 1. The number of nitrogens with one attached hydrogen (secondary N) is 2. The van der Waals surface area contributed by atoms with E-state index in [2.05, 4.69) is 15.3 Å². The predicted molar refractivity (Wildman–Crippen MR) is 121 cm³/mol. The van der Waals surface area contributed by atoms with Crippen LogP contribution in [0.1, 0.15) is 16.7 Å². The first-order chi connectivity index (χ1) is 15.0. The number of anilines is 2. The first-order valence-electron chi connectivity index (χ1n) is 9.62. The summed E-state index contributed by atoms with van der Waals surface area (Å²) in [7, 11) is 0. The van der Waals surface area contributed by atoms with Gasteiger partial charge in [-0.05, 0) is 41.5 Å². The Labute approximate surface area is 178 Å². The quantitative estimate of drug-likeness (QED) is 0.282. The molecule has 7 heteroatoms. The summed E-state index contributed by atoms with van der Waals surface area (Å²) in [5.41, 5.74) is 9.21. The van der Waals surface area contributed by atoms with Crippen LogP contribution in [0.15, 0.2) is 72.9 Å². The minimum absolute atomic E-state index is 0.181. The maximum atomic E-state index is 12.3. The summed E-state index contributed by atoms with van der Waals surface area (Å²) >= 11 is 0. The number of carboxylic acid groups (broad SMARTS) is 1. The standard InChI is InChI=1S/C24H20N4O3/c25-18-8-4-5-15(11-18)12-22(29)27-21-10-9-19-17(14-26-23(19)28-21)13-20(24(30)31)16-6-2-1-3-7-16/h1-11,13-14H,12,25H2,(H,30,31)(H2,26,27,28,29). The van der Waals surface area contributed by atoms with Gasteiger partial charge in [0, 0.05) is 22.8 Å². The Morgan fingerprint density at radius 3 is 2.61 bits per heavy atom. The second-order valence-corrected chi connectivity index (χ2v) is 7.04. The molecule has 4 rings (SSSR count). The van der Waals surface area contributed by atoms with Gasteiger partial charge in [-0.3, -0.25) is 4.79 Å². The number of carbonyl (C=O) groups excluding carboxylic acids is 1. The van der Waals surface area contributed by atoms with Crippen molar-refractivity contribution in [3.05, 3.63) is 89.6 Å². The Bertz CT molecular complexity index is 1290. The molecule has 2 aromatic heterocycles. The van der Waals surface area contributed by atoms with Crippen molar-refractivity contribution in [2.75, 3.05) is 11.1 Å². The molecule has 0 bridgehead atoms. The number of benzene rings is 2. The summed E-state index contributed by atoms with van der Waals surface area (Å²) in [6, 6.07) is 19.6. The Morgan fingerprint density at radius 1 is 1.06 bits per heavy atom. The Morgan fingerprint density at radius 2 is 1.87 bits per heavy atom. The number of rotatable bonds is 6. The number of hydrogen-bond acceptors (Lipinski definition) is 4. The summed E-state index contributed by atoms with van der Waals surface area (Å²) in [4.78, 5) is 31.6. The second kappa shape index (κ2) is 8.54. The van der Waals surface area contributed by atoms with Crippen molar-refractivity contribution in [2.45, 2.75) is 6.42 Å². The number of carbonyl (C=O) groups is 2. The van der Waals surface area contributed by atoms with E-state index in [-0.39, 0.29) is 17.9 Å². The van der Waals surface area contributed by atoms with Gasteiger partial charge in [-0.25, -0.2) is 9.78 Å². The molecule has 0 saturated heterocycles. The summed E-state index contributed by atoms with van der Waals surface area (Å²) < 4.78 is 0. The first-order valence-corrected chi connectivity index (χ1v) is 9.62. The fraction of sp³-hybridized carbons (Fsp3) is 0.0417. The molecule has 0 saturated carbocycles. The van der Waals surface area contributed by atoms with Crippen molar-refractivity contribution in [1.29, 1.82) is 0 Å². The number of aromatic nitrogens is 2. The van der Waals surface area contributed by atoms with Crippen LogP contribution in [0, 0.1) is 0 Å². The molecule has 1 amide bonds. The van der Waals surface area contributed by atoms with Crippen LogP contribution in [0.5, 0.6) is 0 Å². The van der Waals surface area contributed by atoms with Crippen LogP contribution in [-0.4, -0.2) is 27.0 Å². The average molecular weight is 412 g/mol. The highest BCUT2D eigenvalue weighted by Crippen LogP contribution is 2.25. The third-order valence-corrected chi connectivity index (χ3v) is 4.77. The molecule has 0 aliphatic rings. The molecular weight excluding hydrogens is 392 g/mol. The number of H-pyrrole nitrogens is 1. The number of carboxylic acids is 1. The van der Waals surface area contributed by atoms with Gasteiger partial charge in [-0.15, -0.1) is 0 Å². The van der Waals surface area contributed by atoms with E-state index in [1.54, 1.807) is 66.9 Å². The van der Waals surface area contributed by atoms with Crippen LogP contribution < -0.4 is 11.1 Å². The zero-order chi connectivity index (χ0) is 21.8. The molecule has 2 aromatic carbocycles. The van der Waals surface area contributed by atoms with E-state index >= 15 is 0 Å². The minimum Gasteiger partial charge on any atom is -0.478 e. The van der Waals surface area contributed by atoms with Crippen molar-refractivity contribution in [1.82, 2.24) is 9.97 Å². The molecule has 0 spiro atoms. The van der Waals surface area contributed by atoms with E-state index in [0.29, 0.717) is 28.3 Å². The van der Waals surface area contributed by atoms with Crippen molar-refractivity contribution >= 4 is 46.1 Å². The minimum atomic E-state index is -1.01. The fourth-order valence-corrected chi connectivity index (χ4v) is 3.33. The molecule has 7 nitrogen and oxygen atoms in total. The number of amides is 1. The van der Waals surface area contributed by atoms with Gasteiger partial charge in [-0.2, -0.15) is 0 Å². The third kappa shape index (κ3) is 4.62. The number of nitrogens with zero attached hydrogens (tertiary/aromatic N) is 1. The zero-order valence-electron chi connectivity index (χ0n) is 16.5. The van der Waals surface area contributed by atoms with Crippen LogP contribution in [0.25, 0.3) is 22.7 Å². The fourth-order valence-electron chi connectivity index (χ4n) is 3.33. The summed E-state index contributed by atoms with van der Waals surface area (Å²) in [6.07, 6.45) is 3.49. The van der Waals surface area contributed by atoms with Gasteiger partial charge in [0.2, 0.25) is 5.91 Å². The monoisotopic (exact) mass is 412 g/mol. The zero-order valence-corrected chi connectivity index (χ0v) is 16.5. The molecule has 154 valence electrons. The lowest BCUT2D eigenvalue weighted by molar-refractivity contribution is -0.130. The van der Waals surface area contributed by atoms with E-state index < -0.39 is 5.97 Å². The molecule has 0 aliphatic carbocycles. The van der Waals surface area contributed by atoms with Gasteiger partial charge in [0.1, 0.15) is 11.5 Å². The highest BCUT2D eigenvalue weighted by molar-refractivity contribution is 6.21. The van der Waals surface area contributed by atoms with Gasteiger partial charge in [0.15, 0.2) is 0 Å². The third-order valence-electron chi connectivity index (χ3n) is 4.77. The van der Waals surface area contributed by atoms with Gasteiger partial charge >= 0.3 is 5.97 Å². The van der Waals surface area contributed by atoms with Crippen molar-refractivity contribution < 1.29 is 14.7 Å². The first kappa shape index (κ1) is 19.9. The molecule has 0 radical (unpaired) electrons. The van der Waals surface area contributed by atoms with Crippen molar-refractivity contribution in [3.63, 3.8) is 0 Å². The normalized spacial score (nSPS) is 11.4. The van der Waals surface area contributed by atoms with E-state index in [9.17, 15) is 14.7 Å². The van der Waals surface area contributed by atoms with E-state index in [1.165, 1.54) is 0 Å². The lowest BCUT2D eigenvalue weighted by Crippen LogP contribution is -2.15. The van der Waals surface area contributed by atoms with E-state index in [4.69, 9.17) is 5.73 Å². The second-order valence-electron chi connectivity index (χ2n) is 7.04. The van der Waals surface area contributed by atoms with Gasteiger partial charge in [-0.1, -0.05) is 42.5 Å².